The molecule has 1 amide bonds. The zero-order valence-corrected chi connectivity index (χ0v) is 15.2. The molecule has 0 spiro atoms. The summed E-state index contributed by atoms with van der Waals surface area (Å²) in [4.78, 5) is 19.1. The Bertz CT molecular complexity index is 683. The van der Waals surface area contributed by atoms with Gasteiger partial charge in [0.2, 0.25) is 0 Å². The lowest BCUT2D eigenvalue weighted by Crippen LogP contribution is -2.31. The van der Waals surface area contributed by atoms with E-state index in [1.54, 1.807) is 5.38 Å². The minimum atomic E-state index is -0.166. The van der Waals surface area contributed by atoms with Crippen molar-refractivity contribution >= 4 is 34.7 Å². The van der Waals surface area contributed by atoms with Gasteiger partial charge in [0, 0.05) is 48.6 Å². The molecule has 3 rings (SSSR count). The highest BCUT2D eigenvalue weighted by Crippen LogP contribution is 2.17. The maximum Gasteiger partial charge on any atom is 0.275 e. The van der Waals surface area contributed by atoms with Crippen LogP contribution in [0.2, 0.25) is 0 Å². The van der Waals surface area contributed by atoms with Gasteiger partial charge in [-0.3, -0.25) is 9.69 Å². The number of carbonyl (C=O) groups excluding carboxylic acids is 1. The lowest BCUT2D eigenvalue weighted by Gasteiger charge is -2.26. The normalized spacial score (nSPS) is 15.4. The predicted molar refractivity (Wildman–Crippen MR) is 102 cm³/mol. The van der Waals surface area contributed by atoms with E-state index in [2.05, 4.69) is 21.3 Å². The molecule has 1 aromatic carbocycles. The first-order chi connectivity index (χ1) is 11.7. The molecule has 0 unspecified atom stereocenters. The minimum absolute atomic E-state index is 0.166. The van der Waals surface area contributed by atoms with Crippen LogP contribution in [0, 0.1) is 0 Å². The molecule has 1 aliphatic rings. The molecule has 1 aliphatic heterocycles. The van der Waals surface area contributed by atoms with Gasteiger partial charge < -0.3 is 11.1 Å². The van der Waals surface area contributed by atoms with E-state index in [0.29, 0.717) is 18.7 Å². The van der Waals surface area contributed by atoms with Gasteiger partial charge in [-0.15, -0.1) is 11.3 Å². The highest BCUT2D eigenvalue weighted by atomic mass is 32.2. The Kier molecular flexibility index (Phi) is 6.25. The van der Waals surface area contributed by atoms with Crippen molar-refractivity contribution in [1.29, 1.82) is 0 Å². The molecule has 1 aromatic heterocycles. The van der Waals surface area contributed by atoms with E-state index >= 15 is 0 Å². The molecule has 128 valence electrons. The molecule has 0 atom stereocenters. The molecule has 5 nitrogen and oxygen atoms in total. The Morgan fingerprint density at radius 1 is 1.33 bits per heavy atom. The molecule has 1 saturated heterocycles. The van der Waals surface area contributed by atoms with E-state index in [1.807, 2.05) is 30.0 Å². The molecule has 24 heavy (non-hydrogen) atoms. The van der Waals surface area contributed by atoms with Crippen LogP contribution in [0.4, 0.5) is 5.69 Å². The number of thiazole rings is 1. The lowest BCUT2D eigenvalue weighted by atomic mass is 10.2. The first-order valence-electron chi connectivity index (χ1n) is 8.09. The minimum Gasteiger partial charge on any atom is -0.330 e. The van der Waals surface area contributed by atoms with Crippen LogP contribution in [-0.4, -0.2) is 46.9 Å². The van der Waals surface area contributed by atoms with Gasteiger partial charge >= 0.3 is 0 Å². The number of thioether (sulfide) groups is 1. The van der Waals surface area contributed by atoms with Crippen molar-refractivity contribution in [3.63, 3.8) is 0 Å². The first kappa shape index (κ1) is 17.4. The van der Waals surface area contributed by atoms with E-state index < -0.39 is 0 Å². The smallest absolute Gasteiger partial charge is 0.275 e. The van der Waals surface area contributed by atoms with Gasteiger partial charge in [0.25, 0.3) is 5.91 Å². The second kappa shape index (κ2) is 8.62. The van der Waals surface area contributed by atoms with Gasteiger partial charge in [0.05, 0.1) is 5.01 Å². The number of hydrogen-bond acceptors (Lipinski definition) is 6. The Morgan fingerprint density at radius 3 is 2.96 bits per heavy atom. The number of aromatic nitrogens is 1. The van der Waals surface area contributed by atoms with Gasteiger partial charge in [0.1, 0.15) is 5.69 Å². The highest BCUT2D eigenvalue weighted by molar-refractivity contribution is 7.99. The van der Waals surface area contributed by atoms with Gasteiger partial charge in [-0.25, -0.2) is 4.98 Å². The summed E-state index contributed by atoms with van der Waals surface area (Å²) in [5.41, 5.74) is 8.02. The summed E-state index contributed by atoms with van der Waals surface area (Å²) in [6, 6.07) is 8.07. The Morgan fingerprint density at radius 2 is 2.17 bits per heavy atom. The monoisotopic (exact) mass is 362 g/mol. The molecular weight excluding hydrogens is 340 g/mol. The van der Waals surface area contributed by atoms with Crippen LogP contribution in [0.15, 0.2) is 29.6 Å². The van der Waals surface area contributed by atoms with E-state index in [0.717, 1.165) is 30.3 Å². The number of nitrogens with one attached hydrogen (secondary N) is 1. The van der Waals surface area contributed by atoms with Crippen molar-refractivity contribution in [1.82, 2.24) is 9.88 Å². The molecule has 0 aliphatic carbocycles. The number of anilines is 1. The number of benzene rings is 1. The third-order valence-electron chi connectivity index (χ3n) is 3.84. The Hall–Kier alpha value is -1.41. The number of rotatable bonds is 6. The molecule has 2 heterocycles. The molecule has 2 aromatic rings. The van der Waals surface area contributed by atoms with E-state index in [9.17, 15) is 4.79 Å². The fourth-order valence-electron chi connectivity index (χ4n) is 2.61. The summed E-state index contributed by atoms with van der Waals surface area (Å²) in [5.74, 6) is 2.23. The number of nitrogens with zero attached hydrogens (tertiary/aromatic N) is 2. The molecule has 7 heteroatoms. The summed E-state index contributed by atoms with van der Waals surface area (Å²) < 4.78 is 0. The summed E-state index contributed by atoms with van der Waals surface area (Å²) in [6.45, 7) is 3.74. The SMILES string of the molecule is NCCc1nc(C(=O)Nc2cccc(CN3CCSCC3)c2)cs1. The number of nitrogens with two attached hydrogens (primary N) is 1. The summed E-state index contributed by atoms with van der Waals surface area (Å²) in [6.07, 6.45) is 0.710. The Labute approximate surface area is 150 Å². The molecule has 1 fully saturated rings. The Balaban J connectivity index is 1.61. The molecule has 0 saturated carbocycles. The van der Waals surface area contributed by atoms with Gasteiger partial charge in [0.15, 0.2) is 0 Å². The van der Waals surface area contributed by atoms with Crippen LogP contribution in [0.25, 0.3) is 0 Å². The van der Waals surface area contributed by atoms with Crippen LogP contribution >= 0.6 is 23.1 Å². The molecular formula is C17H22N4OS2. The zero-order chi connectivity index (χ0) is 16.8. The van der Waals surface area contributed by atoms with Crippen LogP contribution < -0.4 is 11.1 Å². The van der Waals surface area contributed by atoms with Crippen LogP contribution in [-0.2, 0) is 13.0 Å². The first-order valence-corrected chi connectivity index (χ1v) is 10.1. The van der Waals surface area contributed by atoms with E-state index in [1.165, 1.54) is 28.4 Å². The van der Waals surface area contributed by atoms with Gasteiger partial charge in [-0.05, 0) is 24.2 Å². The fraction of sp³-hybridized carbons (Fsp3) is 0.412. The molecule has 0 bridgehead atoms. The summed E-state index contributed by atoms with van der Waals surface area (Å²) in [5, 5.41) is 5.63. The van der Waals surface area contributed by atoms with Crippen molar-refractivity contribution < 1.29 is 4.79 Å². The van der Waals surface area contributed by atoms with Gasteiger partial charge in [-0.1, -0.05) is 12.1 Å². The average Bonchev–Trinajstić information content (AvgIpc) is 3.05. The van der Waals surface area contributed by atoms with Crippen molar-refractivity contribution in [2.24, 2.45) is 5.73 Å². The fourth-order valence-corrected chi connectivity index (χ4v) is 4.39. The predicted octanol–water partition coefficient (Wildman–Crippen LogP) is 2.45. The topological polar surface area (TPSA) is 71.2 Å². The molecule has 0 radical (unpaired) electrons. The highest BCUT2D eigenvalue weighted by Gasteiger charge is 2.13. The van der Waals surface area contributed by atoms with E-state index in [-0.39, 0.29) is 5.91 Å². The maximum atomic E-state index is 12.3. The van der Waals surface area contributed by atoms with Crippen molar-refractivity contribution in [3.8, 4) is 0 Å². The van der Waals surface area contributed by atoms with Crippen LogP contribution in [0.1, 0.15) is 21.1 Å². The largest absolute Gasteiger partial charge is 0.330 e. The van der Waals surface area contributed by atoms with Gasteiger partial charge in [-0.2, -0.15) is 11.8 Å². The number of amides is 1. The van der Waals surface area contributed by atoms with Crippen LogP contribution in [0.5, 0.6) is 0 Å². The maximum absolute atomic E-state index is 12.3. The van der Waals surface area contributed by atoms with E-state index in [4.69, 9.17) is 5.73 Å². The van der Waals surface area contributed by atoms with Crippen molar-refractivity contribution in [3.05, 3.63) is 45.9 Å². The average molecular weight is 363 g/mol. The zero-order valence-electron chi connectivity index (χ0n) is 13.5. The summed E-state index contributed by atoms with van der Waals surface area (Å²) >= 11 is 3.49. The van der Waals surface area contributed by atoms with Crippen LogP contribution in [0.3, 0.4) is 0 Å². The standard InChI is InChI=1S/C17H22N4OS2/c18-5-4-16-20-15(12-24-16)17(22)19-14-3-1-2-13(10-14)11-21-6-8-23-9-7-21/h1-3,10,12H,4-9,11,18H2,(H,19,22). The van der Waals surface area contributed by atoms with Crippen molar-refractivity contribution in [2.45, 2.75) is 13.0 Å². The second-order valence-electron chi connectivity index (χ2n) is 5.71. The number of carbonyl (C=O) groups is 1. The quantitative estimate of drug-likeness (QED) is 0.826. The third kappa shape index (κ3) is 4.80. The third-order valence-corrected chi connectivity index (χ3v) is 5.69. The molecule has 3 N–H and O–H groups in total. The second-order valence-corrected chi connectivity index (χ2v) is 7.88. The summed E-state index contributed by atoms with van der Waals surface area (Å²) in [7, 11) is 0. The van der Waals surface area contributed by atoms with Crippen molar-refractivity contribution in [2.75, 3.05) is 36.5 Å². The lowest BCUT2D eigenvalue weighted by molar-refractivity contribution is 0.102. The number of hydrogen-bond donors (Lipinski definition) is 2.